The Labute approximate surface area is 167 Å². The topological polar surface area (TPSA) is 31.4 Å². The number of hydrogen-bond donors (Lipinski definition) is 0. The highest BCUT2D eigenvalue weighted by molar-refractivity contribution is 5.57. The van der Waals surface area contributed by atoms with Crippen molar-refractivity contribution in [2.24, 2.45) is 0 Å². The Morgan fingerprint density at radius 3 is 2.25 bits per heavy atom. The molecule has 0 radical (unpaired) electrons. The van der Waals surface area contributed by atoms with E-state index in [2.05, 4.69) is 62.4 Å². The van der Waals surface area contributed by atoms with E-state index in [1.54, 1.807) is 14.2 Å². The Morgan fingerprint density at radius 1 is 0.857 bits per heavy atom. The molecule has 3 nitrogen and oxygen atoms in total. The van der Waals surface area contributed by atoms with E-state index < -0.39 is 0 Å². The number of nitrogens with zero attached hydrogens (tertiary/aromatic N) is 1. The van der Waals surface area contributed by atoms with E-state index in [1.807, 2.05) is 6.92 Å². The average molecular weight is 373 g/mol. The fourth-order valence-electron chi connectivity index (χ4n) is 4.78. The van der Waals surface area contributed by atoms with Crippen LogP contribution in [0.2, 0.25) is 0 Å². The van der Waals surface area contributed by atoms with E-state index in [0.29, 0.717) is 5.92 Å². The summed E-state index contributed by atoms with van der Waals surface area (Å²) in [5.41, 5.74) is 8.53. The van der Waals surface area contributed by atoms with Crippen molar-refractivity contribution in [3.8, 4) is 11.5 Å². The summed E-state index contributed by atoms with van der Waals surface area (Å²) in [4.78, 5) is 4.77. The molecule has 28 heavy (non-hydrogen) atoms. The van der Waals surface area contributed by atoms with E-state index in [1.165, 1.54) is 27.8 Å². The summed E-state index contributed by atoms with van der Waals surface area (Å²) < 4.78 is 11.3. The van der Waals surface area contributed by atoms with Crippen LogP contribution in [0.15, 0.2) is 48.5 Å². The van der Waals surface area contributed by atoms with Crippen molar-refractivity contribution in [3.63, 3.8) is 0 Å². The summed E-state index contributed by atoms with van der Waals surface area (Å²) in [6, 6.07) is 17.3. The summed E-state index contributed by atoms with van der Waals surface area (Å²) >= 11 is 0. The monoisotopic (exact) mass is 373 g/mol. The van der Waals surface area contributed by atoms with E-state index in [9.17, 15) is 0 Å². The molecular formula is C25H27NO2. The van der Waals surface area contributed by atoms with Crippen molar-refractivity contribution in [2.45, 2.75) is 39.0 Å². The van der Waals surface area contributed by atoms with Crippen molar-refractivity contribution in [1.82, 2.24) is 4.98 Å². The van der Waals surface area contributed by atoms with Crippen molar-refractivity contribution < 1.29 is 9.47 Å². The normalized spacial score (nSPS) is 18.0. The maximum atomic E-state index is 5.86. The van der Waals surface area contributed by atoms with Crippen LogP contribution < -0.4 is 9.47 Å². The SMILES string of the molecule is COc1ccc(C2Cc3c(C)nc(C)c(OC)c3C2c2ccccc2)cc1C. The van der Waals surface area contributed by atoms with Gasteiger partial charge in [-0.25, -0.2) is 0 Å². The first-order chi connectivity index (χ1) is 13.5. The van der Waals surface area contributed by atoms with Crippen molar-refractivity contribution in [2.75, 3.05) is 14.2 Å². The van der Waals surface area contributed by atoms with Gasteiger partial charge in [-0.1, -0.05) is 42.5 Å². The molecule has 1 aromatic heterocycles. The Morgan fingerprint density at radius 2 is 1.61 bits per heavy atom. The van der Waals surface area contributed by atoms with Crippen LogP contribution in [-0.2, 0) is 6.42 Å². The minimum Gasteiger partial charge on any atom is -0.496 e. The van der Waals surface area contributed by atoms with Crippen LogP contribution in [0.4, 0.5) is 0 Å². The predicted molar refractivity (Wildman–Crippen MR) is 113 cm³/mol. The van der Waals surface area contributed by atoms with Gasteiger partial charge in [-0.2, -0.15) is 0 Å². The number of aromatic nitrogens is 1. The third-order valence-electron chi connectivity index (χ3n) is 6.02. The van der Waals surface area contributed by atoms with E-state index >= 15 is 0 Å². The van der Waals surface area contributed by atoms with E-state index in [0.717, 1.165) is 29.3 Å². The fraction of sp³-hybridized carbons (Fsp3) is 0.320. The number of ether oxygens (including phenoxy) is 2. The third kappa shape index (κ3) is 2.95. The van der Waals surface area contributed by atoms with Crippen molar-refractivity contribution in [1.29, 1.82) is 0 Å². The first-order valence-corrected chi connectivity index (χ1v) is 9.78. The molecular weight excluding hydrogens is 346 g/mol. The molecule has 0 spiro atoms. The molecule has 2 aromatic carbocycles. The Balaban J connectivity index is 1.92. The predicted octanol–water partition coefficient (Wildman–Crippen LogP) is 5.50. The van der Waals surface area contributed by atoms with Crippen LogP contribution in [0.5, 0.6) is 11.5 Å². The van der Waals surface area contributed by atoms with Gasteiger partial charge in [-0.05, 0) is 61.4 Å². The number of aryl methyl sites for hydroxylation is 3. The van der Waals surface area contributed by atoms with Gasteiger partial charge in [-0.15, -0.1) is 0 Å². The molecule has 1 aliphatic rings. The highest BCUT2D eigenvalue weighted by Crippen LogP contribution is 2.52. The summed E-state index contributed by atoms with van der Waals surface area (Å²) in [6.07, 6.45) is 0.968. The number of pyridine rings is 1. The Bertz CT molecular complexity index is 1010. The van der Waals surface area contributed by atoms with E-state index in [-0.39, 0.29) is 5.92 Å². The van der Waals surface area contributed by atoms with Crippen LogP contribution >= 0.6 is 0 Å². The number of methoxy groups -OCH3 is 2. The molecule has 0 saturated heterocycles. The summed E-state index contributed by atoms with van der Waals surface area (Å²) in [5, 5.41) is 0. The second-order valence-corrected chi connectivity index (χ2v) is 7.64. The van der Waals surface area contributed by atoms with Crippen LogP contribution in [0.1, 0.15) is 51.0 Å². The molecule has 0 amide bonds. The number of fused-ring (bicyclic) bond motifs is 1. The lowest BCUT2D eigenvalue weighted by Gasteiger charge is -2.24. The van der Waals surface area contributed by atoms with Gasteiger partial charge < -0.3 is 9.47 Å². The third-order valence-corrected chi connectivity index (χ3v) is 6.02. The molecule has 1 aliphatic carbocycles. The number of hydrogen-bond acceptors (Lipinski definition) is 3. The second-order valence-electron chi connectivity index (χ2n) is 7.64. The Kier molecular flexibility index (Phi) is 4.84. The first kappa shape index (κ1) is 18.5. The maximum Gasteiger partial charge on any atom is 0.144 e. The molecule has 1 heterocycles. The highest BCUT2D eigenvalue weighted by atomic mass is 16.5. The number of benzene rings is 2. The maximum absolute atomic E-state index is 5.86. The van der Waals surface area contributed by atoms with Crippen LogP contribution in [-0.4, -0.2) is 19.2 Å². The minimum atomic E-state index is 0.249. The molecule has 2 atom stereocenters. The highest BCUT2D eigenvalue weighted by Gasteiger charge is 2.39. The lowest BCUT2D eigenvalue weighted by Crippen LogP contribution is -2.10. The van der Waals surface area contributed by atoms with Gasteiger partial charge in [0.15, 0.2) is 0 Å². The second kappa shape index (κ2) is 7.31. The molecule has 4 rings (SSSR count). The molecule has 0 aliphatic heterocycles. The zero-order chi connectivity index (χ0) is 19.8. The van der Waals surface area contributed by atoms with Gasteiger partial charge in [0.25, 0.3) is 0 Å². The first-order valence-electron chi connectivity index (χ1n) is 9.78. The fourth-order valence-corrected chi connectivity index (χ4v) is 4.78. The zero-order valence-corrected chi connectivity index (χ0v) is 17.2. The standard InChI is InChI=1S/C25H27NO2/c1-15-13-19(11-12-22(15)27-4)21-14-20-16(2)26-17(3)25(28-5)24(20)23(21)18-9-7-6-8-10-18/h6-13,21,23H,14H2,1-5H3. The summed E-state index contributed by atoms with van der Waals surface area (Å²) in [6.45, 7) is 6.27. The van der Waals surface area contributed by atoms with Gasteiger partial charge in [0.1, 0.15) is 11.5 Å². The van der Waals surface area contributed by atoms with Gasteiger partial charge in [0.2, 0.25) is 0 Å². The van der Waals surface area contributed by atoms with E-state index in [4.69, 9.17) is 14.5 Å². The van der Waals surface area contributed by atoms with Crippen molar-refractivity contribution in [3.05, 3.63) is 87.7 Å². The van der Waals surface area contributed by atoms with Crippen LogP contribution in [0.25, 0.3) is 0 Å². The average Bonchev–Trinajstić information content (AvgIpc) is 3.10. The molecule has 3 aromatic rings. The summed E-state index contributed by atoms with van der Waals surface area (Å²) in [5.74, 6) is 2.46. The van der Waals surface area contributed by atoms with Gasteiger partial charge in [0.05, 0.1) is 19.9 Å². The summed E-state index contributed by atoms with van der Waals surface area (Å²) in [7, 11) is 3.48. The minimum absolute atomic E-state index is 0.249. The van der Waals surface area contributed by atoms with Gasteiger partial charge >= 0.3 is 0 Å². The quantitative estimate of drug-likeness (QED) is 0.605. The lowest BCUT2D eigenvalue weighted by molar-refractivity contribution is 0.401. The van der Waals surface area contributed by atoms with Gasteiger partial charge in [0, 0.05) is 17.2 Å². The molecule has 0 fully saturated rings. The lowest BCUT2D eigenvalue weighted by atomic mass is 9.81. The smallest absolute Gasteiger partial charge is 0.144 e. The number of rotatable bonds is 4. The molecule has 0 N–H and O–H groups in total. The zero-order valence-electron chi connectivity index (χ0n) is 17.2. The van der Waals surface area contributed by atoms with Crippen LogP contribution in [0, 0.1) is 20.8 Å². The Hall–Kier alpha value is -2.81. The molecule has 144 valence electrons. The van der Waals surface area contributed by atoms with Crippen LogP contribution in [0.3, 0.4) is 0 Å². The molecule has 3 heteroatoms. The molecule has 2 unspecified atom stereocenters. The van der Waals surface area contributed by atoms with Gasteiger partial charge in [-0.3, -0.25) is 4.98 Å². The molecule has 0 bridgehead atoms. The largest absolute Gasteiger partial charge is 0.496 e. The molecule has 0 saturated carbocycles. The van der Waals surface area contributed by atoms with Crippen molar-refractivity contribution >= 4 is 0 Å².